The second kappa shape index (κ2) is 5.95. The van der Waals surface area contributed by atoms with Crippen molar-refractivity contribution in [1.82, 2.24) is 0 Å². The zero-order chi connectivity index (χ0) is 15.5. The van der Waals surface area contributed by atoms with Crippen molar-refractivity contribution in [2.45, 2.75) is 12.6 Å². The molecule has 2 aromatic carbocycles. The molecule has 0 fully saturated rings. The Hall–Kier alpha value is -2.37. The van der Waals surface area contributed by atoms with Gasteiger partial charge in [-0.25, -0.2) is 4.39 Å². The SMILES string of the molecule is O=C(Cc1cccc(C(F)(F)F)c1)Nc1cccc(F)c1. The van der Waals surface area contributed by atoms with Gasteiger partial charge in [-0.15, -0.1) is 0 Å². The minimum absolute atomic E-state index is 0.222. The highest BCUT2D eigenvalue weighted by atomic mass is 19.4. The number of halogens is 4. The molecule has 6 heteroatoms. The van der Waals surface area contributed by atoms with Gasteiger partial charge in [0.15, 0.2) is 0 Å². The zero-order valence-corrected chi connectivity index (χ0v) is 10.7. The second-order valence-electron chi connectivity index (χ2n) is 4.43. The van der Waals surface area contributed by atoms with Gasteiger partial charge in [0.05, 0.1) is 12.0 Å². The number of hydrogen-bond acceptors (Lipinski definition) is 1. The van der Waals surface area contributed by atoms with Crippen molar-refractivity contribution in [3.8, 4) is 0 Å². The molecular weight excluding hydrogens is 286 g/mol. The van der Waals surface area contributed by atoms with E-state index >= 15 is 0 Å². The molecule has 0 aliphatic carbocycles. The van der Waals surface area contributed by atoms with Gasteiger partial charge in [0.25, 0.3) is 0 Å². The zero-order valence-electron chi connectivity index (χ0n) is 10.7. The highest BCUT2D eigenvalue weighted by Gasteiger charge is 2.30. The van der Waals surface area contributed by atoms with E-state index in [1.807, 2.05) is 0 Å². The molecule has 0 radical (unpaired) electrons. The minimum Gasteiger partial charge on any atom is -0.326 e. The number of benzene rings is 2. The number of amides is 1. The van der Waals surface area contributed by atoms with Gasteiger partial charge in [0.1, 0.15) is 5.82 Å². The third-order valence-electron chi connectivity index (χ3n) is 2.73. The normalized spacial score (nSPS) is 11.2. The van der Waals surface area contributed by atoms with Gasteiger partial charge >= 0.3 is 6.18 Å². The summed E-state index contributed by atoms with van der Waals surface area (Å²) < 4.78 is 50.6. The van der Waals surface area contributed by atoms with Crippen LogP contribution >= 0.6 is 0 Å². The summed E-state index contributed by atoms with van der Waals surface area (Å²) in [6.07, 6.45) is -4.67. The van der Waals surface area contributed by atoms with Crippen LogP contribution in [0.2, 0.25) is 0 Å². The molecule has 0 spiro atoms. The molecule has 2 nitrogen and oxygen atoms in total. The van der Waals surface area contributed by atoms with Crippen molar-refractivity contribution < 1.29 is 22.4 Å². The third kappa shape index (κ3) is 4.30. The largest absolute Gasteiger partial charge is 0.416 e. The molecule has 0 aromatic heterocycles. The van der Waals surface area contributed by atoms with Crippen LogP contribution in [0.25, 0.3) is 0 Å². The Labute approximate surface area is 118 Å². The number of carbonyl (C=O) groups is 1. The van der Waals surface area contributed by atoms with Gasteiger partial charge in [-0.05, 0) is 29.8 Å². The maximum absolute atomic E-state index is 13.0. The molecule has 2 aromatic rings. The van der Waals surface area contributed by atoms with Crippen LogP contribution in [0.4, 0.5) is 23.2 Å². The number of anilines is 1. The molecule has 0 saturated heterocycles. The summed E-state index contributed by atoms with van der Waals surface area (Å²) in [5.74, 6) is -1.02. The number of alkyl halides is 3. The van der Waals surface area contributed by atoms with Crippen LogP contribution in [0.3, 0.4) is 0 Å². The predicted octanol–water partition coefficient (Wildman–Crippen LogP) is 4.03. The van der Waals surface area contributed by atoms with E-state index in [4.69, 9.17) is 0 Å². The predicted molar refractivity (Wildman–Crippen MR) is 70.2 cm³/mol. The average Bonchev–Trinajstić information content (AvgIpc) is 2.37. The summed E-state index contributed by atoms with van der Waals surface area (Å²) in [6, 6.07) is 9.81. The van der Waals surface area contributed by atoms with E-state index in [1.165, 1.54) is 30.3 Å². The number of hydrogen-bond donors (Lipinski definition) is 1. The summed E-state index contributed by atoms with van der Waals surface area (Å²) >= 11 is 0. The minimum atomic E-state index is -4.45. The van der Waals surface area contributed by atoms with Gasteiger partial charge in [-0.2, -0.15) is 13.2 Å². The van der Waals surface area contributed by atoms with E-state index in [1.54, 1.807) is 0 Å². The molecular formula is C15H11F4NO. The smallest absolute Gasteiger partial charge is 0.326 e. The summed E-state index contributed by atoms with van der Waals surface area (Å²) in [5, 5.41) is 2.43. The highest BCUT2D eigenvalue weighted by Crippen LogP contribution is 2.29. The van der Waals surface area contributed by atoms with E-state index in [-0.39, 0.29) is 17.7 Å². The van der Waals surface area contributed by atoms with Crippen LogP contribution in [0.5, 0.6) is 0 Å². The standard InChI is InChI=1S/C15H11F4NO/c16-12-5-2-6-13(9-12)20-14(21)8-10-3-1-4-11(7-10)15(17,18)19/h1-7,9H,8H2,(H,20,21). The Balaban J connectivity index is 2.06. The van der Waals surface area contributed by atoms with Gasteiger partial charge in [0.2, 0.25) is 5.91 Å². The van der Waals surface area contributed by atoms with Crippen LogP contribution in [0.15, 0.2) is 48.5 Å². The summed E-state index contributed by atoms with van der Waals surface area (Å²) in [5.41, 5.74) is -0.316. The fraction of sp³-hybridized carbons (Fsp3) is 0.133. The Morgan fingerprint density at radius 2 is 1.76 bits per heavy atom. The van der Waals surface area contributed by atoms with Gasteiger partial charge in [-0.1, -0.05) is 24.3 Å². The Morgan fingerprint density at radius 1 is 1.05 bits per heavy atom. The molecule has 0 saturated carbocycles. The van der Waals surface area contributed by atoms with E-state index in [2.05, 4.69) is 5.32 Å². The molecule has 1 N–H and O–H groups in total. The fourth-order valence-corrected chi connectivity index (χ4v) is 1.81. The van der Waals surface area contributed by atoms with Crippen molar-refractivity contribution in [2.24, 2.45) is 0 Å². The fourth-order valence-electron chi connectivity index (χ4n) is 1.81. The maximum Gasteiger partial charge on any atom is 0.416 e. The average molecular weight is 297 g/mol. The van der Waals surface area contributed by atoms with E-state index < -0.39 is 23.5 Å². The van der Waals surface area contributed by atoms with Crippen LogP contribution < -0.4 is 5.32 Å². The Kier molecular flexibility index (Phi) is 4.26. The van der Waals surface area contributed by atoms with Crippen LogP contribution in [0.1, 0.15) is 11.1 Å². The van der Waals surface area contributed by atoms with Gasteiger partial charge < -0.3 is 5.32 Å². The monoisotopic (exact) mass is 297 g/mol. The first-order valence-corrected chi connectivity index (χ1v) is 6.06. The number of rotatable bonds is 3. The van der Waals surface area contributed by atoms with Crippen LogP contribution in [-0.4, -0.2) is 5.91 Å². The summed E-state index contributed by atoms with van der Waals surface area (Å²) in [7, 11) is 0. The molecule has 0 atom stereocenters. The van der Waals surface area contributed by atoms with Crippen molar-refractivity contribution in [3.05, 3.63) is 65.5 Å². The lowest BCUT2D eigenvalue weighted by Crippen LogP contribution is -2.15. The van der Waals surface area contributed by atoms with Crippen molar-refractivity contribution in [3.63, 3.8) is 0 Å². The van der Waals surface area contributed by atoms with Crippen molar-refractivity contribution in [2.75, 3.05) is 5.32 Å². The summed E-state index contributed by atoms with van der Waals surface area (Å²) in [6.45, 7) is 0. The lowest BCUT2D eigenvalue weighted by molar-refractivity contribution is -0.137. The van der Waals surface area contributed by atoms with E-state index in [0.29, 0.717) is 0 Å². The number of carbonyl (C=O) groups excluding carboxylic acids is 1. The molecule has 2 rings (SSSR count). The summed E-state index contributed by atoms with van der Waals surface area (Å²) in [4.78, 5) is 11.7. The first-order valence-electron chi connectivity index (χ1n) is 6.06. The van der Waals surface area contributed by atoms with Gasteiger partial charge in [-0.3, -0.25) is 4.79 Å². The molecule has 0 unspecified atom stereocenters. The molecule has 21 heavy (non-hydrogen) atoms. The molecule has 0 aliphatic heterocycles. The lowest BCUT2D eigenvalue weighted by atomic mass is 10.1. The quantitative estimate of drug-likeness (QED) is 0.852. The van der Waals surface area contributed by atoms with Crippen LogP contribution in [-0.2, 0) is 17.4 Å². The van der Waals surface area contributed by atoms with Crippen molar-refractivity contribution >= 4 is 11.6 Å². The first kappa shape index (κ1) is 15.0. The highest BCUT2D eigenvalue weighted by molar-refractivity contribution is 5.92. The second-order valence-corrected chi connectivity index (χ2v) is 4.43. The molecule has 0 heterocycles. The topological polar surface area (TPSA) is 29.1 Å². The van der Waals surface area contributed by atoms with Crippen molar-refractivity contribution in [1.29, 1.82) is 0 Å². The maximum atomic E-state index is 13.0. The first-order chi connectivity index (χ1) is 9.84. The van der Waals surface area contributed by atoms with Gasteiger partial charge in [0, 0.05) is 5.69 Å². The molecule has 110 valence electrons. The molecule has 0 aliphatic rings. The molecule has 1 amide bonds. The van der Waals surface area contributed by atoms with E-state index in [9.17, 15) is 22.4 Å². The molecule has 0 bridgehead atoms. The number of nitrogens with one attached hydrogen (secondary N) is 1. The van der Waals surface area contributed by atoms with Crippen LogP contribution in [0, 0.1) is 5.82 Å². The Bertz CT molecular complexity index is 652. The third-order valence-corrected chi connectivity index (χ3v) is 2.73. The lowest BCUT2D eigenvalue weighted by Gasteiger charge is -2.09. The Morgan fingerprint density at radius 3 is 2.43 bits per heavy atom. The van der Waals surface area contributed by atoms with E-state index in [0.717, 1.165) is 18.2 Å².